The number of hydrogen-bond donors (Lipinski definition) is 2. The first-order valence-electron chi connectivity index (χ1n) is 7.78. The number of pyridine rings is 1. The SMILES string of the molecule is CCc1ccnc(CN=C(N)NC2CCCCCC2)c1. The van der Waals surface area contributed by atoms with E-state index in [0.29, 0.717) is 18.5 Å². The lowest BCUT2D eigenvalue weighted by Gasteiger charge is -2.16. The van der Waals surface area contributed by atoms with E-state index in [-0.39, 0.29) is 0 Å². The van der Waals surface area contributed by atoms with Gasteiger partial charge in [0.2, 0.25) is 0 Å². The van der Waals surface area contributed by atoms with E-state index in [1.807, 2.05) is 12.3 Å². The van der Waals surface area contributed by atoms with Crippen molar-refractivity contribution in [1.29, 1.82) is 0 Å². The van der Waals surface area contributed by atoms with Gasteiger partial charge in [-0.15, -0.1) is 0 Å². The van der Waals surface area contributed by atoms with Crippen LogP contribution >= 0.6 is 0 Å². The van der Waals surface area contributed by atoms with Crippen LogP contribution in [0.5, 0.6) is 0 Å². The van der Waals surface area contributed by atoms with E-state index < -0.39 is 0 Å². The van der Waals surface area contributed by atoms with Gasteiger partial charge in [-0.05, 0) is 37.0 Å². The Hall–Kier alpha value is -1.58. The summed E-state index contributed by atoms with van der Waals surface area (Å²) in [4.78, 5) is 8.75. The van der Waals surface area contributed by atoms with Crippen molar-refractivity contribution in [3.63, 3.8) is 0 Å². The molecule has 2 rings (SSSR count). The fourth-order valence-corrected chi connectivity index (χ4v) is 2.68. The molecule has 0 bridgehead atoms. The Bertz CT molecular complexity index is 434. The molecule has 20 heavy (non-hydrogen) atoms. The van der Waals surface area contributed by atoms with Crippen LogP contribution in [0.3, 0.4) is 0 Å². The maximum Gasteiger partial charge on any atom is 0.189 e. The molecular weight excluding hydrogens is 248 g/mol. The molecule has 0 aromatic carbocycles. The molecule has 0 radical (unpaired) electrons. The number of hydrogen-bond acceptors (Lipinski definition) is 2. The summed E-state index contributed by atoms with van der Waals surface area (Å²) in [6, 6.07) is 4.64. The summed E-state index contributed by atoms with van der Waals surface area (Å²) in [6.45, 7) is 2.70. The van der Waals surface area contributed by atoms with Gasteiger partial charge >= 0.3 is 0 Å². The highest BCUT2D eigenvalue weighted by atomic mass is 15.1. The third kappa shape index (κ3) is 4.83. The highest BCUT2D eigenvalue weighted by molar-refractivity contribution is 5.78. The summed E-state index contributed by atoms with van der Waals surface area (Å²) in [7, 11) is 0. The summed E-state index contributed by atoms with van der Waals surface area (Å²) in [5.41, 5.74) is 8.26. The monoisotopic (exact) mass is 274 g/mol. The van der Waals surface area contributed by atoms with E-state index in [2.05, 4.69) is 28.3 Å². The lowest BCUT2D eigenvalue weighted by molar-refractivity contribution is 0.530. The predicted octanol–water partition coefficient (Wildman–Crippen LogP) is 2.77. The third-order valence-electron chi connectivity index (χ3n) is 3.91. The van der Waals surface area contributed by atoms with Crippen molar-refractivity contribution >= 4 is 5.96 Å². The maximum atomic E-state index is 5.99. The molecule has 1 saturated carbocycles. The third-order valence-corrected chi connectivity index (χ3v) is 3.91. The Balaban J connectivity index is 1.86. The van der Waals surface area contributed by atoms with Crippen LogP contribution in [0.1, 0.15) is 56.7 Å². The van der Waals surface area contributed by atoms with Gasteiger partial charge in [0, 0.05) is 12.2 Å². The maximum absolute atomic E-state index is 5.99. The number of nitrogens with one attached hydrogen (secondary N) is 1. The second kappa shape index (κ2) is 7.88. The Morgan fingerprint density at radius 2 is 2.10 bits per heavy atom. The first-order chi connectivity index (χ1) is 9.78. The molecule has 1 aromatic rings. The average molecular weight is 274 g/mol. The number of guanidine groups is 1. The number of rotatable bonds is 4. The van der Waals surface area contributed by atoms with Crippen LogP contribution in [0.2, 0.25) is 0 Å². The van der Waals surface area contributed by atoms with Crippen LogP contribution < -0.4 is 11.1 Å². The average Bonchev–Trinajstić information content (AvgIpc) is 2.74. The Morgan fingerprint density at radius 3 is 2.80 bits per heavy atom. The number of nitrogens with two attached hydrogens (primary N) is 1. The van der Waals surface area contributed by atoms with Crippen molar-refractivity contribution < 1.29 is 0 Å². The van der Waals surface area contributed by atoms with E-state index in [0.717, 1.165) is 12.1 Å². The zero-order valence-corrected chi connectivity index (χ0v) is 12.4. The molecule has 0 aliphatic heterocycles. The molecule has 4 nitrogen and oxygen atoms in total. The molecular formula is C16H26N4. The molecule has 3 N–H and O–H groups in total. The van der Waals surface area contributed by atoms with Gasteiger partial charge in [-0.25, -0.2) is 4.99 Å². The van der Waals surface area contributed by atoms with Crippen molar-refractivity contribution in [1.82, 2.24) is 10.3 Å². The Morgan fingerprint density at radius 1 is 1.35 bits per heavy atom. The van der Waals surface area contributed by atoms with Crippen molar-refractivity contribution in [3.8, 4) is 0 Å². The van der Waals surface area contributed by atoms with E-state index in [1.54, 1.807) is 0 Å². The molecule has 0 atom stereocenters. The van der Waals surface area contributed by atoms with Gasteiger partial charge in [0.1, 0.15) is 0 Å². The van der Waals surface area contributed by atoms with Crippen LogP contribution in [-0.4, -0.2) is 17.0 Å². The fourth-order valence-electron chi connectivity index (χ4n) is 2.68. The van der Waals surface area contributed by atoms with Crippen LogP contribution in [0.4, 0.5) is 0 Å². The van der Waals surface area contributed by atoms with Gasteiger partial charge in [-0.2, -0.15) is 0 Å². The zero-order valence-electron chi connectivity index (χ0n) is 12.4. The highest BCUT2D eigenvalue weighted by Gasteiger charge is 2.12. The number of aromatic nitrogens is 1. The minimum absolute atomic E-state index is 0.496. The second-order valence-electron chi connectivity index (χ2n) is 5.54. The molecule has 0 amide bonds. The van der Waals surface area contributed by atoms with Gasteiger partial charge in [0.25, 0.3) is 0 Å². The quantitative estimate of drug-likeness (QED) is 0.504. The second-order valence-corrected chi connectivity index (χ2v) is 5.54. The molecule has 0 spiro atoms. The summed E-state index contributed by atoms with van der Waals surface area (Å²) in [5, 5.41) is 3.36. The fraction of sp³-hybridized carbons (Fsp3) is 0.625. The van der Waals surface area contributed by atoms with Gasteiger partial charge in [0.15, 0.2) is 5.96 Å². The van der Waals surface area contributed by atoms with Crippen LogP contribution in [0.25, 0.3) is 0 Å². The minimum Gasteiger partial charge on any atom is -0.370 e. The van der Waals surface area contributed by atoms with Gasteiger partial charge < -0.3 is 11.1 Å². The molecule has 0 unspecified atom stereocenters. The number of nitrogens with zero attached hydrogens (tertiary/aromatic N) is 2. The summed E-state index contributed by atoms with van der Waals surface area (Å²) < 4.78 is 0. The summed E-state index contributed by atoms with van der Waals surface area (Å²) in [6.07, 6.45) is 10.6. The molecule has 110 valence electrons. The van der Waals surface area contributed by atoms with Crippen LogP contribution in [0.15, 0.2) is 23.3 Å². The van der Waals surface area contributed by atoms with Gasteiger partial charge in [0.05, 0.1) is 12.2 Å². The molecule has 4 heteroatoms. The van der Waals surface area contributed by atoms with E-state index >= 15 is 0 Å². The normalized spacial score (nSPS) is 17.8. The Labute approximate surface area is 121 Å². The zero-order chi connectivity index (χ0) is 14.2. The van der Waals surface area contributed by atoms with Crippen LogP contribution in [0, 0.1) is 0 Å². The van der Waals surface area contributed by atoms with E-state index in [9.17, 15) is 0 Å². The minimum atomic E-state index is 0.496. The first kappa shape index (κ1) is 14.8. The van der Waals surface area contributed by atoms with Crippen LogP contribution in [-0.2, 0) is 13.0 Å². The van der Waals surface area contributed by atoms with Crippen molar-refractivity contribution in [2.45, 2.75) is 64.5 Å². The lowest BCUT2D eigenvalue weighted by Crippen LogP contribution is -2.39. The van der Waals surface area contributed by atoms with E-state index in [4.69, 9.17) is 5.73 Å². The molecule has 1 aliphatic rings. The molecule has 1 aromatic heterocycles. The molecule has 0 saturated heterocycles. The Kier molecular flexibility index (Phi) is 5.84. The first-order valence-corrected chi connectivity index (χ1v) is 7.78. The van der Waals surface area contributed by atoms with Gasteiger partial charge in [-0.1, -0.05) is 32.6 Å². The van der Waals surface area contributed by atoms with Crippen molar-refractivity contribution in [2.75, 3.05) is 0 Å². The van der Waals surface area contributed by atoms with Gasteiger partial charge in [-0.3, -0.25) is 4.98 Å². The molecule has 1 heterocycles. The molecule has 1 aliphatic carbocycles. The standard InChI is InChI=1S/C16H26N4/c1-2-13-9-10-18-15(11-13)12-19-16(17)20-14-7-5-3-4-6-8-14/h9-11,14H,2-8,12H2,1H3,(H3,17,19,20). The largest absolute Gasteiger partial charge is 0.370 e. The number of aliphatic imine (C=N–C) groups is 1. The lowest BCUT2D eigenvalue weighted by atomic mass is 10.1. The number of aryl methyl sites for hydroxylation is 1. The molecule has 1 fully saturated rings. The summed E-state index contributed by atoms with van der Waals surface area (Å²) in [5.74, 6) is 0.556. The predicted molar refractivity (Wildman–Crippen MR) is 83.6 cm³/mol. The topological polar surface area (TPSA) is 63.3 Å². The smallest absolute Gasteiger partial charge is 0.189 e. The highest BCUT2D eigenvalue weighted by Crippen LogP contribution is 2.16. The van der Waals surface area contributed by atoms with Crippen molar-refractivity contribution in [3.05, 3.63) is 29.6 Å². The summed E-state index contributed by atoms with van der Waals surface area (Å²) >= 11 is 0. The van der Waals surface area contributed by atoms with E-state index in [1.165, 1.54) is 44.1 Å². The van der Waals surface area contributed by atoms with Crippen molar-refractivity contribution in [2.24, 2.45) is 10.7 Å².